The van der Waals surface area contributed by atoms with Crippen LogP contribution in [0.25, 0.3) is 0 Å². The SMILES string of the molecule is CSCCC(CN)N1CC(C)CC(C)C1C. The first-order valence-corrected chi connectivity index (χ1v) is 7.94. The molecule has 0 radical (unpaired) electrons. The van der Waals surface area contributed by atoms with Gasteiger partial charge in [-0.15, -0.1) is 0 Å². The molecule has 16 heavy (non-hydrogen) atoms. The lowest BCUT2D eigenvalue weighted by atomic mass is 9.84. The van der Waals surface area contributed by atoms with E-state index in [1.54, 1.807) is 0 Å². The van der Waals surface area contributed by atoms with Crippen LogP contribution in [0.5, 0.6) is 0 Å². The van der Waals surface area contributed by atoms with Crippen LogP contribution in [-0.4, -0.2) is 42.1 Å². The second kappa shape index (κ2) is 6.87. The van der Waals surface area contributed by atoms with E-state index in [1.165, 1.54) is 25.1 Å². The van der Waals surface area contributed by atoms with Gasteiger partial charge >= 0.3 is 0 Å². The van der Waals surface area contributed by atoms with Crippen LogP contribution >= 0.6 is 11.8 Å². The number of nitrogens with zero attached hydrogens (tertiary/aromatic N) is 1. The van der Waals surface area contributed by atoms with Crippen molar-refractivity contribution in [1.29, 1.82) is 0 Å². The summed E-state index contributed by atoms with van der Waals surface area (Å²) in [6, 6.07) is 1.29. The van der Waals surface area contributed by atoms with E-state index in [-0.39, 0.29) is 0 Å². The van der Waals surface area contributed by atoms with Crippen molar-refractivity contribution < 1.29 is 0 Å². The third kappa shape index (κ3) is 3.64. The third-order valence-electron chi connectivity index (χ3n) is 4.04. The van der Waals surface area contributed by atoms with E-state index in [0.29, 0.717) is 12.1 Å². The smallest absolute Gasteiger partial charge is 0.0229 e. The summed E-state index contributed by atoms with van der Waals surface area (Å²) in [4.78, 5) is 2.66. The summed E-state index contributed by atoms with van der Waals surface area (Å²) in [5.41, 5.74) is 5.95. The van der Waals surface area contributed by atoms with Crippen molar-refractivity contribution in [2.24, 2.45) is 17.6 Å². The molecule has 96 valence electrons. The van der Waals surface area contributed by atoms with Crippen molar-refractivity contribution in [3.05, 3.63) is 0 Å². The van der Waals surface area contributed by atoms with Crippen molar-refractivity contribution in [3.8, 4) is 0 Å². The fourth-order valence-electron chi connectivity index (χ4n) is 2.91. The maximum atomic E-state index is 5.95. The van der Waals surface area contributed by atoms with Crippen molar-refractivity contribution >= 4 is 11.8 Å². The Labute approximate surface area is 105 Å². The second-order valence-corrected chi connectivity index (χ2v) is 6.41. The summed E-state index contributed by atoms with van der Waals surface area (Å²) < 4.78 is 0. The fraction of sp³-hybridized carbons (Fsp3) is 1.00. The predicted molar refractivity (Wildman–Crippen MR) is 75.0 cm³/mol. The molecule has 0 saturated carbocycles. The molecule has 0 bridgehead atoms. The van der Waals surface area contributed by atoms with Gasteiger partial charge in [0.25, 0.3) is 0 Å². The lowest BCUT2D eigenvalue weighted by Gasteiger charge is -2.45. The molecule has 0 aliphatic carbocycles. The number of piperidine rings is 1. The monoisotopic (exact) mass is 244 g/mol. The molecule has 1 rings (SSSR count). The molecule has 0 aromatic heterocycles. The Bertz CT molecular complexity index is 198. The van der Waals surface area contributed by atoms with Crippen LogP contribution in [0.2, 0.25) is 0 Å². The van der Waals surface area contributed by atoms with E-state index in [1.807, 2.05) is 11.8 Å². The molecule has 4 unspecified atom stereocenters. The molecule has 2 nitrogen and oxygen atoms in total. The zero-order chi connectivity index (χ0) is 12.1. The number of hydrogen-bond donors (Lipinski definition) is 1. The van der Waals surface area contributed by atoms with E-state index in [9.17, 15) is 0 Å². The van der Waals surface area contributed by atoms with E-state index < -0.39 is 0 Å². The van der Waals surface area contributed by atoms with Crippen molar-refractivity contribution in [2.75, 3.05) is 25.1 Å². The molecule has 0 aromatic rings. The highest BCUT2D eigenvalue weighted by atomic mass is 32.2. The quantitative estimate of drug-likeness (QED) is 0.805. The Kier molecular flexibility index (Phi) is 6.16. The van der Waals surface area contributed by atoms with Crippen LogP contribution < -0.4 is 5.73 Å². The van der Waals surface area contributed by atoms with Crippen molar-refractivity contribution in [1.82, 2.24) is 4.90 Å². The van der Waals surface area contributed by atoms with Gasteiger partial charge in [-0.1, -0.05) is 13.8 Å². The summed E-state index contributed by atoms with van der Waals surface area (Å²) in [6.45, 7) is 9.18. The van der Waals surface area contributed by atoms with Crippen molar-refractivity contribution in [3.63, 3.8) is 0 Å². The van der Waals surface area contributed by atoms with Gasteiger partial charge in [0.2, 0.25) is 0 Å². The molecule has 0 aromatic carbocycles. The molecule has 1 aliphatic rings. The number of nitrogens with two attached hydrogens (primary N) is 1. The number of thioether (sulfide) groups is 1. The summed E-state index contributed by atoms with van der Waals surface area (Å²) in [5, 5.41) is 0. The van der Waals surface area contributed by atoms with Gasteiger partial charge in [0.1, 0.15) is 0 Å². The first-order chi connectivity index (χ1) is 7.60. The van der Waals surface area contributed by atoms with Crippen LogP contribution in [0.3, 0.4) is 0 Å². The van der Waals surface area contributed by atoms with E-state index >= 15 is 0 Å². The van der Waals surface area contributed by atoms with Gasteiger partial charge in [0.15, 0.2) is 0 Å². The summed E-state index contributed by atoms with van der Waals surface area (Å²) in [6.07, 6.45) is 4.79. The molecular weight excluding hydrogens is 216 g/mol. The maximum absolute atomic E-state index is 5.95. The fourth-order valence-corrected chi connectivity index (χ4v) is 3.42. The minimum atomic E-state index is 0.590. The van der Waals surface area contributed by atoms with Crippen molar-refractivity contribution in [2.45, 2.75) is 45.7 Å². The zero-order valence-electron chi connectivity index (χ0n) is 11.3. The largest absolute Gasteiger partial charge is 0.329 e. The molecule has 1 heterocycles. The van der Waals surface area contributed by atoms with Gasteiger partial charge in [0.05, 0.1) is 0 Å². The van der Waals surface area contributed by atoms with Crippen LogP contribution in [0.1, 0.15) is 33.6 Å². The third-order valence-corrected chi connectivity index (χ3v) is 4.68. The Balaban J connectivity index is 2.59. The Morgan fingerprint density at radius 2 is 2.06 bits per heavy atom. The van der Waals surface area contributed by atoms with Gasteiger partial charge in [-0.3, -0.25) is 4.90 Å². The van der Waals surface area contributed by atoms with Gasteiger partial charge in [0, 0.05) is 25.2 Å². The van der Waals surface area contributed by atoms with E-state index in [2.05, 4.69) is 31.9 Å². The lowest BCUT2D eigenvalue weighted by Crippen LogP contribution is -2.53. The Morgan fingerprint density at radius 1 is 1.38 bits per heavy atom. The summed E-state index contributed by atoms with van der Waals surface area (Å²) in [5.74, 6) is 2.87. The minimum absolute atomic E-state index is 0.590. The van der Waals surface area contributed by atoms with Crippen LogP contribution in [-0.2, 0) is 0 Å². The zero-order valence-corrected chi connectivity index (χ0v) is 12.1. The average Bonchev–Trinajstić information content (AvgIpc) is 2.25. The lowest BCUT2D eigenvalue weighted by molar-refractivity contribution is 0.0421. The predicted octanol–water partition coefficient (Wildman–Crippen LogP) is 2.43. The molecular formula is C13H28N2S. The second-order valence-electron chi connectivity index (χ2n) is 5.43. The highest BCUT2D eigenvalue weighted by molar-refractivity contribution is 7.98. The van der Waals surface area contributed by atoms with Gasteiger partial charge in [-0.25, -0.2) is 0 Å². The average molecular weight is 244 g/mol. The summed E-state index contributed by atoms with van der Waals surface area (Å²) in [7, 11) is 0. The van der Waals surface area contributed by atoms with Gasteiger partial charge in [-0.05, 0) is 43.6 Å². The van der Waals surface area contributed by atoms with Crippen LogP contribution in [0.4, 0.5) is 0 Å². The van der Waals surface area contributed by atoms with Crippen LogP contribution in [0, 0.1) is 11.8 Å². The summed E-state index contributed by atoms with van der Waals surface area (Å²) >= 11 is 1.93. The topological polar surface area (TPSA) is 29.3 Å². The molecule has 1 saturated heterocycles. The van der Waals surface area contributed by atoms with E-state index in [4.69, 9.17) is 5.73 Å². The molecule has 1 fully saturated rings. The van der Waals surface area contributed by atoms with Crippen LogP contribution in [0.15, 0.2) is 0 Å². The molecule has 0 amide bonds. The maximum Gasteiger partial charge on any atom is 0.0229 e. The number of rotatable bonds is 5. The molecule has 1 aliphatic heterocycles. The first kappa shape index (κ1) is 14.3. The molecule has 0 spiro atoms. The minimum Gasteiger partial charge on any atom is -0.329 e. The Hall–Kier alpha value is 0.270. The van der Waals surface area contributed by atoms with Gasteiger partial charge < -0.3 is 5.73 Å². The normalized spacial score (nSPS) is 33.9. The molecule has 4 atom stereocenters. The highest BCUT2D eigenvalue weighted by Crippen LogP contribution is 2.29. The molecule has 2 N–H and O–H groups in total. The number of hydrogen-bond acceptors (Lipinski definition) is 3. The van der Waals surface area contributed by atoms with E-state index in [0.717, 1.165) is 18.4 Å². The Morgan fingerprint density at radius 3 is 2.62 bits per heavy atom. The number of likely N-dealkylation sites (tertiary alicyclic amines) is 1. The van der Waals surface area contributed by atoms with Gasteiger partial charge in [-0.2, -0.15) is 11.8 Å². The standard InChI is InChI=1S/C13H28N2S/c1-10-7-11(2)12(3)15(9-10)13(8-14)5-6-16-4/h10-13H,5-9,14H2,1-4H3. The first-order valence-electron chi connectivity index (χ1n) is 6.54. The molecule has 3 heteroatoms. The highest BCUT2D eigenvalue weighted by Gasteiger charge is 2.32.